The summed E-state index contributed by atoms with van der Waals surface area (Å²) in [7, 11) is 4.26. The standard InChI is InChI=1S/C14H22BrClN2/c1-10(2)14(18(3)4)9-17-8-11-5-6-13(16)12(15)7-11/h5-7,10,14,17H,8-9H2,1-4H3. The molecule has 1 N–H and O–H groups in total. The van der Waals surface area contributed by atoms with E-state index in [2.05, 4.69) is 66.2 Å². The summed E-state index contributed by atoms with van der Waals surface area (Å²) in [5, 5.41) is 4.26. The van der Waals surface area contributed by atoms with Crippen LogP contribution in [0.15, 0.2) is 22.7 Å². The van der Waals surface area contributed by atoms with Crippen LogP contribution in [-0.2, 0) is 6.54 Å². The molecule has 0 amide bonds. The van der Waals surface area contributed by atoms with Crippen LogP contribution >= 0.6 is 27.5 Å². The van der Waals surface area contributed by atoms with E-state index >= 15 is 0 Å². The highest BCUT2D eigenvalue weighted by Crippen LogP contribution is 2.23. The van der Waals surface area contributed by atoms with Gasteiger partial charge in [-0.15, -0.1) is 0 Å². The molecule has 102 valence electrons. The van der Waals surface area contributed by atoms with Crippen molar-refractivity contribution in [2.75, 3.05) is 20.6 Å². The van der Waals surface area contributed by atoms with Gasteiger partial charge in [-0.3, -0.25) is 0 Å². The van der Waals surface area contributed by atoms with Crippen LogP contribution in [0, 0.1) is 5.92 Å². The highest BCUT2D eigenvalue weighted by atomic mass is 79.9. The van der Waals surface area contributed by atoms with Gasteiger partial charge in [-0.2, -0.15) is 0 Å². The smallest absolute Gasteiger partial charge is 0.0548 e. The topological polar surface area (TPSA) is 15.3 Å². The molecule has 0 fully saturated rings. The van der Waals surface area contributed by atoms with Crippen LogP contribution in [0.2, 0.25) is 5.02 Å². The van der Waals surface area contributed by atoms with Crippen molar-refractivity contribution in [2.24, 2.45) is 5.92 Å². The van der Waals surface area contributed by atoms with Crippen molar-refractivity contribution in [2.45, 2.75) is 26.4 Å². The minimum Gasteiger partial charge on any atom is -0.311 e. The predicted octanol–water partition coefficient (Wildman–Crippen LogP) is 3.78. The normalized spacial score (nSPS) is 13.3. The molecule has 0 heterocycles. The average Bonchev–Trinajstić information content (AvgIpc) is 2.28. The molecule has 4 heteroatoms. The van der Waals surface area contributed by atoms with E-state index in [9.17, 15) is 0 Å². The largest absolute Gasteiger partial charge is 0.311 e. The summed E-state index contributed by atoms with van der Waals surface area (Å²) in [6.07, 6.45) is 0. The average molecular weight is 334 g/mol. The van der Waals surface area contributed by atoms with Gasteiger partial charge in [-0.25, -0.2) is 0 Å². The molecular weight excluding hydrogens is 312 g/mol. The first kappa shape index (κ1) is 16.0. The molecule has 0 bridgehead atoms. The minimum absolute atomic E-state index is 0.556. The highest BCUT2D eigenvalue weighted by Gasteiger charge is 2.14. The van der Waals surface area contributed by atoms with Gasteiger partial charge in [0.05, 0.1) is 5.02 Å². The van der Waals surface area contributed by atoms with E-state index in [0.29, 0.717) is 12.0 Å². The Morgan fingerprint density at radius 3 is 2.50 bits per heavy atom. The van der Waals surface area contributed by atoms with Crippen LogP contribution < -0.4 is 5.32 Å². The fraction of sp³-hybridized carbons (Fsp3) is 0.571. The molecule has 0 radical (unpaired) electrons. The molecule has 0 aliphatic heterocycles. The molecule has 0 aliphatic carbocycles. The van der Waals surface area contributed by atoms with E-state index < -0.39 is 0 Å². The maximum atomic E-state index is 5.97. The molecule has 0 aliphatic rings. The monoisotopic (exact) mass is 332 g/mol. The summed E-state index contributed by atoms with van der Waals surface area (Å²) >= 11 is 9.42. The molecule has 0 aromatic heterocycles. The first-order chi connectivity index (χ1) is 8.41. The van der Waals surface area contributed by atoms with Crippen molar-refractivity contribution < 1.29 is 0 Å². The maximum Gasteiger partial charge on any atom is 0.0548 e. The second-order valence-electron chi connectivity index (χ2n) is 5.15. The van der Waals surface area contributed by atoms with Gasteiger partial charge in [-0.05, 0) is 53.6 Å². The fourth-order valence-electron chi connectivity index (χ4n) is 2.03. The number of hydrogen-bond donors (Lipinski definition) is 1. The molecular formula is C14H22BrClN2. The zero-order valence-corrected chi connectivity index (χ0v) is 13.8. The number of nitrogens with zero attached hydrogens (tertiary/aromatic N) is 1. The first-order valence-electron chi connectivity index (χ1n) is 6.23. The Morgan fingerprint density at radius 2 is 2.00 bits per heavy atom. The molecule has 1 rings (SSSR count). The fourth-order valence-corrected chi connectivity index (χ4v) is 2.57. The third kappa shape index (κ3) is 4.88. The lowest BCUT2D eigenvalue weighted by Crippen LogP contribution is -2.41. The van der Waals surface area contributed by atoms with Crippen LogP contribution in [0.1, 0.15) is 19.4 Å². The maximum absolute atomic E-state index is 5.97. The predicted molar refractivity (Wildman–Crippen MR) is 83.2 cm³/mol. The molecule has 0 spiro atoms. The molecule has 18 heavy (non-hydrogen) atoms. The van der Waals surface area contributed by atoms with Gasteiger partial charge in [-0.1, -0.05) is 31.5 Å². The summed E-state index contributed by atoms with van der Waals surface area (Å²) in [6.45, 7) is 6.37. The second-order valence-corrected chi connectivity index (χ2v) is 6.42. The Morgan fingerprint density at radius 1 is 1.33 bits per heavy atom. The number of benzene rings is 1. The Kier molecular flexibility index (Phi) is 6.64. The molecule has 1 aromatic carbocycles. The number of rotatable bonds is 6. The number of halogens is 2. The molecule has 2 nitrogen and oxygen atoms in total. The van der Waals surface area contributed by atoms with Crippen molar-refractivity contribution in [3.63, 3.8) is 0 Å². The lowest BCUT2D eigenvalue weighted by molar-refractivity contribution is 0.224. The van der Waals surface area contributed by atoms with Gasteiger partial charge < -0.3 is 10.2 Å². The van der Waals surface area contributed by atoms with Crippen molar-refractivity contribution in [1.29, 1.82) is 0 Å². The van der Waals surface area contributed by atoms with Crippen LogP contribution in [-0.4, -0.2) is 31.6 Å². The molecule has 1 atom stereocenters. The van der Waals surface area contributed by atoms with Gasteiger partial charge in [0.1, 0.15) is 0 Å². The first-order valence-corrected chi connectivity index (χ1v) is 7.40. The Bertz CT molecular complexity index is 372. The lowest BCUT2D eigenvalue weighted by Gasteiger charge is -2.28. The number of nitrogens with one attached hydrogen (secondary N) is 1. The summed E-state index contributed by atoms with van der Waals surface area (Å²) in [5.74, 6) is 0.643. The molecule has 0 saturated heterocycles. The van der Waals surface area contributed by atoms with Crippen LogP contribution in [0.5, 0.6) is 0 Å². The molecule has 1 unspecified atom stereocenters. The van der Waals surface area contributed by atoms with E-state index in [1.807, 2.05) is 6.07 Å². The van der Waals surface area contributed by atoms with Gasteiger partial charge >= 0.3 is 0 Å². The van der Waals surface area contributed by atoms with Crippen molar-refractivity contribution in [3.8, 4) is 0 Å². The van der Waals surface area contributed by atoms with Gasteiger partial charge in [0.25, 0.3) is 0 Å². The van der Waals surface area contributed by atoms with Crippen molar-refractivity contribution in [3.05, 3.63) is 33.3 Å². The Hall–Kier alpha value is -0.0900. The number of hydrogen-bond acceptors (Lipinski definition) is 2. The lowest BCUT2D eigenvalue weighted by atomic mass is 10.0. The molecule has 0 saturated carbocycles. The van der Waals surface area contributed by atoms with Crippen LogP contribution in [0.25, 0.3) is 0 Å². The Balaban J connectivity index is 2.47. The Labute approximate surface area is 124 Å². The third-order valence-electron chi connectivity index (χ3n) is 3.10. The van der Waals surface area contributed by atoms with E-state index in [1.54, 1.807) is 0 Å². The van der Waals surface area contributed by atoms with E-state index in [4.69, 9.17) is 11.6 Å². The van der Waals surface area contributed by atoms with E-state index in [-0.39, 0.29) is 0 Å². The van der Waals surface area contributed by atoms with Crippen LogP contribution in [0.4, 0.5) is 0 Å². The SMILES string of the molecule is CC(C)C(CNCc1ccc(Cl)c(Br)c1)N(C)C. The summed E-state index contributed by atoms with van der Waals surface area (Å²) in [5.41, 5.74) is 1.24. The zero-order valence-electron chi connectivity index (χ0n) is 11.5. The van der Waals surface area contributed by atoms with Crippen molar-refractivity contribution >= 4 is 27.5 Å². The summed E-state index contributed by atoms with van der Waals surface area (Å²) in [4.78, 5) is 2.27. The van der Waals surface area contributed by atoms with Gasteiger partial charge in [0, 0.05) is 23.6 Å². The second kappa shape index (κ2) is 7.49. The zero-order chi connectivity index (χ0) is 13.7. The minimum atomic E-state index is 0.556. The van der Waals surface area contributed by atoms with E-state index in [0.717, 1.165) is 22.6 Å². The highest BCUT2D eigenvalue weighted by molar-refractivity contribution is 9.10. The van der Waals surface area contributed by atoms with Crippen LogP contribution in [0.3, 0.4) is 0 Å². The number of likely N-dealkylation sites (N-methyl/N-ethyl adjacent to an activating group) is 1. The van der Waals surface area contributed by atoms with E-state index in [1.165, 1.54) is 5.56 Å². The van der Waals surface area contributed by atoms with Gasteiger partial charge in [0.15, 0.2) is 0 Å². The molecule has 1 aromatic rings. The summed E-state index contributed by atoms with van der Waals surface area (Å²) < 4.78 is 0.955. The van der Waals surface area contributed by atoms with Gasteiger partial charge in [0.2, 0.25) is 0 Å². The third-order valence-corrected chi connectivity index (χ3v) is 4.31. The summed E-state index contributed by atoms with van der Waals surface area (Å²) in [6, 6.07) is 6.60. The van der Waals surface area contributed by atoms with Crippen molar-refractivity contribution in [1.82, 2.24) is 10.2 Å². The quantitative estimate of drug-likeness (QED) is 0.852.